The first-order valence-electron chi connectivity index (χ1n) is 12.3. The summed E-state index contributed by atoms with van der Waals surface area (Å²) in [4.78, 5) is 32.2. The summed E-state index contributed by atoms with van der Waals surface area (Å²) in [6.07, 6.45) is 2.96. The van der Waals surface area contributed by atoms with Crippen molar-refractivity contribution in [1.82, 2.24) is 9.80 Å². The van der Waals surface area contributed by atoms with Crippen LogP contribution in [0.25, 0.3) is 0 Å². The number of piperidine rings is 1. The molecular formula is C28H36N4O2. The van der Waals surface area contributed by atoms with E-state index in [1.807, 2.05) is 61.2 Å². The standard InChI is InChI=1S/C28H36N4O2/c1-4-14-31(25-11-16-30(17-12-25)28(34)24-9-6-5-7-10-24)21-27(33)32(15-8-13-29)26-19-22(2)18-23(3)20-26/h5-7,9-10,18-20,25H,4,8,11-12,14-17,21H2,1-3H3. The largest absolute Gasteiger partial charge is 0.339 e. The molecule has 1 aliphatic rings. The summed E-state index contributed by atoms with van der Waals surface area (Å²) < 4.78 is 0. The summed E-state index contributed by atoms with van der Waals surface area (Å²) in [5.74, 6) is 0.103. The predicted octanol–water partition coefficient (Wildman–Crippen LogP) is 4.57. The molecule has 1 aliphatic heterocycles. The number of likely N-dealkylation sites (tertiary alicyclic amines) is 1. The van der Waals surface area contributed by atoms with E-state index in [0.717, 1.165) is 48.2 Å². The lowest BCUT2D eigenvalue weighted by molar-refractivity contribution is -0.120. The molecule has 3 rings (SSSR count). The van der Waals surface area contributed by atoms with E-state index < -0.39 is 0 Å². The number of nitrogens with zero attached hydrogens (tertiary/aromatic N) is 4. The van der Waals surface area contributed by atoms with Gasteiger partial charge in [0.1, 0.15) is 0 Å². The Morgan fingerprint density at radius 2 is 1.68 bits per heavy atom. The lowest BCUT2D eigenvalue weighted by atomic mass is 10.0. The molecule has 1 fully saturated rings. The monoisotopic (exact) mass is 460 g/mol. The second-order valence-corrected chi connectivity index (χ2v) is 9.16. The number of benzene rings is 2. The van der Waals surface area contributed by atoms with Gasteiger partial charge >= 0.3 is 0 Å². The van der Waals surface area contributed by atoms with Crippen LogP contribution in [0.3, 0.4) is 0 Å². The van der Waals surface area contributed by atoms with E-state index in [4.69, 9.17) is 5.26 Å². The van der Waals surface area contributed by atoms with Gasteiger partial charge in [0.2, 0.25) is 5.91 Å². The van der Waals surface area contributed by atoms with Crippen LogP contribution in [0.4, 0.5) is 5.69 Å². The molecule has 180 valence electrons. The van der Waals surface area contributed by atoms with Gasteiger partial charge in [-0.15, -0.1) is 0 Å². The van der Waals surface area contributed by atoms with Crippen molar-refractivity contribution in [3.63, 3.8) is 0 Å². The molecule has 1 heterocycles. The van der Waals surface area contributed by atoms with E-state index in [2.05, 4.69) is 24.0 Å². The molecule has 0 radical (unpaired) electrons. The number of hydrogen-bond donors (Lipinski definition) is 0. The summed E-state index contributed by atoms with van der Waals surface area (Å²) in [5.41, 5.74) is 3.79. The Labute approximate surface area is 203 Å². The van der Waals surface area contributed by atoms with Crippen molar-refractivity contribution in [3.8, 4) is 6.07 Å². The van der Waals surface area contributed by atoms with Gasteiger partial charge in [0.15, 0.2) is 0 Å². The lowest BCUT2D eigenvalue weighted by Gasteiger charge is -2.39. The molecule has 0 saturated carbocycles. The van der Waals surface area contributed by atoms with Crippen molar-refractivity contribution in [2.24, 2.45) is 0 Å². The Morgan fingerprint density at radius 3 is 2.26 bits per heavy atom. The molecule has 2 amide bonds. The molecule has 0 spiro atoms. The SMILES string of the molecule is CCCN(CC(=O)N(CCC#N)c1cc(C)cc(C)c1)C1CCN(C(=O)c2ccccc2)CC1. The summed E-state index contributed by atoms with van der Waals surface area (Å²) >= 11 is 0. The van der Waals surface area contributed by atoms with Crippen LogP contribution in [0.1, 0.15) is 54.1 Å². The molecule has 2 aromatic rings. The maximum absolute atomic E-state index is 13.5. The first-order chi connectivity index (χ1) is 16.4. The maximum atomic E-state index is 13.5. The number of carbonyl (C=O) groups is 2. The molecular weight excluding hydrogens is 424 g/mol. The predicted molar refractivity (Wildman–Crippen MR) is 136 cm³/mol. The molecule has 6 nitrogen and oxygen atoms in total. The average molecular weight is 461 g/mol. The van der Waals surface area contributed by atoms with Gasteiger partial charge < -0.3 is 9.80 Å². The minimum Gasteiger partial charge on any atom is -0.339 e. The highest BCUT2D eigenvalue weighted by Crippen LogP contribution is 2.22. The lowest BCUT2D eigenvalue weighted by Crippen LogP contribution is -2.50. The van der Waals surface area contributed by atoms with Gasteiger partial charge in [-0.05, 0) is 75.0 Å². The molecule has 0 aromatic heterocycles. The Hall–Kier alpha value is -3.17. The number of hydrogen-bond acceptors (Lipinski definition) is 4. The average Bonchev–Trinajstić information content (AvgIpc) is 2.83. The van der Waals surface area contributed by atoms with Crippen LogP contribution in [0.2, 0.25) is 0 Å². The fraction of sp³-hybridized carbons (Fsp3) is 0.464. The van der Waals surface area contributed by atoms with Gasteiger partial charge in [0, 0.05) is 36.9 Å². The van der Waals surface area contributed by atoms with Gasteiger partial charge in [-0.3, -0.25) is 14.5 Å². The van der Waals surface area contributed by atoms with Crippen LogP contribution in [0.5, 0.6) is 0 Å². The minimum absolute atomic E-state index is 0.0245. The summed E-state index contributed by atoms with van der Waals surface area (Å²) in [6, 6.07) is 18.0. The first kappa shape index (κ1) is 25.5. The van der Waals surface area contributed by atoms with Crippen molar-refractivity contribution >= 4 is 17.5 Å². The summed E-state index contributed by atoms with van der Waals surface area (Å²) in [7, 11) is 0. The fourth-order valence-electron chi connectivity index (χ4n) is 4.80. The third kappa shape index (κ3) is 6.68. The molecule has 0 unspecified atom stereocenters. The molecule has 34 heavy (non-hydrogen) atoms. The Morgan fingerprint density at radius 1 is 1.03 bits per heavy atom. The topological polar surface area (TPSA) is 67.7 Å². The van der Waals surface area contributed by atoms with Crippen molar-refractivity contribution in [3.05, 3.63) is 65.2 Å². The number of rotatable bonds is 9. The minimum atomic E-state index is 0.0245. The second-order valence-electron chi connectivity index (χ2n) is 9.16. The van der Waals surface area contributed by atoms with E-state index in [0.29, 0.717) is 32.6 Å². The fourth-order valence-corrected chi connectivity index (χ4v) is 4.80. The van der Waals surface area contributed by atoms with Gasteiger partial charge in [-0.25, -0.2) is 0 Å². The van der Waals surface area contributed by atoms with Crippen molar-refractivity contribution in [1.29, 1.82) is 5.26 Å². The number of amides is 2. The van der Waals surface area contributed by atoms with Gasteiger partial charge in [-0.1, -0.05) is 31.2 Å². The Kier molecular flexibility index (Phi) is 9.24. The smallest absolute Gasteiger partial charge is 0.253 e. The van der Waals surface area contributed by atoms with Crippen LogP contribution in [0.15, 0.2) is 48.5 Å². The number of carbonyl (C=O) groups excluding carboxylic acids is 2. The van der Waals surface area contributed by atoms with Crippen LogP contribution in [-0.2, 0) is 4.79 Å². The highest BCUT2D eigenvalue weighted by Gasteiger charge is 2.29. The molecule has 2 aromatic carbocycles. The van der Waals surface area contributed by atoms with Gasteiger partial charge in [0.05, 0.1) is 19.0 Å². The van der Waals surface area contributed by atoms with Crippen LogP contribution < -0.4 is 4.90 Å². The maximum Gasteiger partial charge on any atom is 0.253 e. The van der Waals surface area contributed by atoms with Crippen LogP contribution in [0, 0.1) is 25.2 Å². The normalized spacial score (nSPS) is 14.1. The highest BCUT2D eigenvalue weighted by atomic mass is 16.2. The van der Waals surface area contributed by atoms with E-state index in [1.54, 1.807) is 4.90 Å². The zero-order valence-corrected chi connectivity index (χ0v) is 20.7. The number of aryl methyl sites for hydroxylation is 2. The van der Waals surface area contributed by atoms with E-state index >= 15 is 0 Å². The summed E-state index contributed by atoms with van der Waals surface area (Å²) in [6.45, 7) is 9.12. The van der Waals surface area contributed by atoms with E-state index in [9.17, 15) is 9.59 Å². The third-order valence-corrected chi connectivity index (χ3v) is 6.40. The number of anilines is 1. The van der Waals surface area contributed by atoms with Gasteiger partial charge in [-0.2, -0.15) is 5.26 Å². The van der Waals surface area contributed by atoms with Crippen molar-refractivity contribution in [2.75, 3.05) is 37.6 Å². The molecule has 0 atom stereocenters. The van der Waals surface area contributed by atoms with Gasteiger partial charge in [0.25, 0.3) is 5.91 Å². The second kappa shape index (κ2) is 12.3. The van der Waals surface area contributed by atoms with E-state index in [-0.39, 0.29) is 17.9 Å². The quantitative estimate of drug-likeness (QED) is 0.550. The summed E-state index contributed by atoms with van der Waals surface area (Å²) in [5, 5.41) is 9.14. The zero-order valence-electron chi connectivity index (χ0n) is 20.7. The highest BCUT2D eigenvalue weighted by molar-refractivity contribution is 5.95. The molecule has 6 heteroatoms. The Bertz CT molecular complexity index is 987. The molecule has 0 N–H and O–H groups in total. The molecule has 0 aliphatic carbocycles. The molecule has 1 saturated heterocycles. The van der Waals surface area contributed by atoms with Crippen molar-refractivity contribution < 1.29 is 9.59 Å². The van der Waals surface area contributed by atoms with Crippen molar-refractivity contribution in [2.45, 2.75) is 52.5 Å². The number of nitriles is 1. The zero-order chi connectivity index (χ0) is 24.5. The van der Waals surface area contributed by atoms with Crippen LogP contribution in [-0.4, -0.2) is 60.4 Å². The third-order valence-electron chi connectivity index (χ3n) is 6.40. The Balaban J connectivity index is 1.67. The first-order valence-corrected chi connectivity index (χ1v) is 12.3. The van der Waals surface area contributed by atoms with Crippen LogP contribution >= 0.6 is 0 Å². The molecule has 0 bridgehead atoms. The van der Waals surface area contributed by atoms with E-state index in [1.165, 1.54) is 0 Å².